The van der Waals surface area contributed by atoms with Crippen molar-refractivity contribution in [2.45, 2.75) is 24.8 Å². The molecule has 19 heavy (non-hydrogen) atoms. The predicted molar refractivity (Wildman–Crippen MR) is 72.6 cm³/mol. The first-order chi connectivity index (χ1) is 9.24. The lowest BCUT2D eigenvalue weighted by Gasteiger charge is -2.19. The molecule has 1 aromatic carbocycles. The van der Waals surface area contributed by atoms with Gasteiger partial charge in [-0.3, -0.25) is 9.48 Å². The molecule has 1 saturated heterocycles. The molecule has 1 N–H and O–H groups in total. The lowest BCUT2D eigenvalue weighted by molar-refractivity contribution is -0.119. The van der Waals surface area contributed by atoms with Crippen molar-refractivity contribution in [3.63, 3.8) is 0 Å². The van der Waals surface area contributed by atoms with Crippen LogP contribution in [0.15, 0.2) is 42.6 Å². The molecule has 2 aromatic rings. The third-order valence-electron chi connectivity index (χ3n) is 3.77. The Bertz CT molecular complexity index is 576. The third-order valence-corrected chi connectivity index (χ3v) is 3.77. The van der Waals surface area contributed by atoms with Crippen LogP contribution in [0.25, 0.3) is 0 Å². The minimum absolute atomic E-state index is 0.132. The van der Waals surface area contributed by atoms with E-state index in [0.717, 1.165) is 12.1 Å². The van der Waals surface area contributed by atoms with Crippen LogP contribution in [-0.4, -0.2) is 21.7 Å². The van der Waals surface area contributed by atoms with Crippen molar-refractivity contribution in [1.82, 2.24) is 15.1 Å². The van der Waals surface area contributed by atoms with Gasteiger partial charge in [0.2, 0.25) is 5.91 Å². The largest absolute Gasteiger partial charge is 0.352 e. The van der Waals surface area contributed by atoms with Gasteiger partial charge in [0.1, 0.15) is 0 Å². The minimum Gasteiger partial charge on any atom is -0.352 e. The Balaban J connectivity index is 1.83. The van der Waals surface area contributed by atoms with Crippen molar-refractivity contribution >= 4 is 5.91 Å². The fourth-order valence-corrected chi connectivity index (χ4v) is 2.83. The van der Waals surface area contributed by atoms with Gasteiger partial charge in [-0.25, -0.2) is 0 Å². The molecule has 1 aliphatic rings. The molecule has 4 nitrogen and oxygen atoms in total. The van der Waals surface area contributed by atoms with Crippen LogP contribution in [0.1, 0.15) is 23.6 Å². The number of carbonyl (C=O) groups is 1. The number of amides is 1. The summed E-state index contributed by atoms with van der Waals surface area (Å²) in [6.07, 6.45) is 3.21. The summed E-state index contributed by atoms with van der Waals surface area (Å²) in [5.41, 5.74) is 2.38. The third kappa shape index (κ3) is 2.38. The molecular formula is C15H17N3O. The summed E-state index contributed by atoms with van der Waals surface area (Å²) in [6, 6.07) is 12.4. The number of hydrogen-bond acceptors (Lipinski definition) is 2. The Morgan fingerprint density at radius 3 is 2.79 bits per heavy atom. The van der Waals surface area contributed by atoms with Gasteiger partial charge in [0.15, 0.2) is 0 Å². The van der Waals surface area contributed by atoms with Crippen LogP contribution < -0.4 is 5.32 Å². The van der Waals surface area contributed by atoms with Crippen molar-refractivity contribution in [2.24, 2.45) is 7.05 Å². The van der Waals surface area contributed by atoms with E-state index in [-0.39, 0.29) is 17.9 Å². The van der Waals surface area contributed by atoms with Crippen molar-refractivity contribution in [3.8, 4) is 0 Å². The quantitative estimate of drug-likeness (QED) is 0.906. The van der Waals surface area contributed by atoms with Crippen LogP contribution in [-0.2, 0) is 18.3 Å². The summed E-state index contributed by atoms with van der Waals surface area (Å²) in [5.74, 6) is 0.340. The van der Waals surface area contributed by atoms with Gasteiger partial charge in [-0.2, -0.15) is 5.10 Å². The van der Waals surface area contributed by atoms with E-state index in [2.05, 4.69) is 22.5 Å². The van der Waals surface area contributed by atoms with Gasteiger partial charge in [-0.15, -0.1) is 0 Å². The Labute approximate surface area is 112 Å². The Morgan fingerprint density at radius 1 is 1.32 bits per heavy atom. The minimum atomic E-state index is 0.132. The smallest absolute Gasteiger partial charge is 0.220 e. The molecule has 1 amide bonds. The van der Waals surface area contributed by atoms with Crippen LogP contribution in [0.4, 0.5) is 0 Å². The highest BCUT2D eigenvalue weighted by Gasteiger charge is 2.34. The average molecular weight is 255 g/mol. The van der Waals surface area contributed by atoms with Crippen LogP contribution in [0.3, 0.4) is 0 Å². The van der Waals surface area contributed by atoms with E-state index < -0.39 is 0 Å². The monoisotopic (exact) mass is 255 g/mol. The van der Waals surface area contributed by atoms with E-state index in [1.165, 1.54) is 5.56 Å². The highest BCUT2D eigenvalue weighted by atomic mass is 16.2. The maximum absolute atomic E-state index is 11.7. The van der Waals surface area contributed by atoms with Crippen molar-refractivity contribution < 1.29 is 4.79 Å². The first-order valence-corrected chi connectivity index (χ1v) is 6.55. The highest BCUT2D eigenvalue weighted by molar-refractivity contribution is 5.80. The zero-order valence-corrected chi connectivity index (χ0v) is 10.9. The van der Waals surface area contributed by atoms with Crippen LogP contribution in [0.5, 0.6) is 0 Å². The predicted octanol–water partition coefficient (Wildman–Crippen LogP) is 1.63. The first-order valence-electron chi connectivity index (χ1n) is 6.55. The number of rotatable bonds is 3. The molecule has 98 valence electrons. The van der Waals surface area contributed by atoms with Gasteiger partial charge in [-0.05, 0) is 18.1 Å². The molecule has 0 saturated carbocycles. The van der Waals surface area contributed by atoms with E-state index in [0.29, 0.717) is 6.42 Å². The molecule has 3 rings (SSSR count). The summed E-state index contributed by atoms with van der Waals surface area (Å²) < 4.78 is 1.86. The lowest BCUT2D eigenvalue weighted by Crippen LogP contribution is -2.31. The summed E-state index contributed by atoms with van der Waals surface area (Å²) in [4.78, 5) is 11.7. The number of aromatic nitrogens is 2. The SMILES string of the molecule is Cn1nccc1C1CC(=O)NC1Cc1ccccc1. The molecule has 0 spiro atoms. The maximum atomic E-state index is 11.7. The Morgan fingerprint density at radius 2 is 2.11 bits per heavy atom. The normalized spacial score (nSPS) is 22.5. The number of nitrogens with zero attached hydrogens (tertiary/aromatic N) is 2. The molecule has 2 unspecified atom stereocenters. The number of aryl methyl sites for hydroxylation is 1. The molecular weight excluding hydrogens is 238 g/mol. The summed E-state index contributed by atoms with van der Waals surface area (Å²) >= 11 is 0. The fraction of sp³-hybridized carbons (Fsp3) is 0.333. The molecule has 1 aromatic heterocycles. The maximum Gasteiger partial charge on any atom is 0.220 e. The van der Waals surface area contributed by atoms with Gasteiger partial charge in [0.25, 0.3) is 0 Å². The number of nitrogens with one attached hydrogen (secondary N) is 1. The average Bonchev–Trinajstić information content (AvgIpc) is 2.97. The van der Waals surface area contributed by atoms with Crippen LogP contribution in [0, 0.1) is 0 Å². The molecule has 2 atom stereocenters. The highest BCUT2D eigenvalue weighted by Crippen LogP contribution is 2.29. The van der Waals surface area contributed by atoms with E-state index in [4.69, 9.17) is 0 Å². The van der Waals surface area contributed by atoms with Gasteiger partial charge in [-0.1, -0.05) is 30.3 Å². The van der Waals surface area contributed by atoms with Gasteiger partial charge in [0.05, 0.1) is 0 Å². The van der Waals surface area contributed by atoms with Crippen molar-refractivity contribution in [1.29, 1.82) is 0 Å². The standard InChI is InChI=1S/C15H17N3O/c1-18-14(7-8-16-18)12-10-15(19)17-13(12)9-11-5-3-2-4-6-11/h2-8,12-13H,9-10H2,1H3,(H,17,19). The first kappa shape index (κ1) is 12.0. The number of carbonyl (C=O) groups excluding carboxylic acids is 1. The van der Waals surface area contributed by atoms with Crippen LogP contribution in [0.2, 0.25) is 0 Å². The van der Waals surface area contributed by atoms with Crippen molar-refractivity contribution in [2.75, 3.05) is 0 Å². The second-order valence-electron chi connectivity index (χ2n) is 5.05. The molecule has 4 heteroatoms. The zero-order valence-electron chi connectivity index (χ0n) is 10.9. The molecule has 1 fully saturated rings. The Hall–Kier alpha value is -2.10. The number of hydrogen-bond donors (Lipinski definition) is 1. The van der Waals surface area contributed by atoms with E-state index in [1.54, 1.807) is 6.20 Å². The molecule has 1 aliphatic heterocycles. The number of benzene rings is 1. The van der Waals surface area contributed by atoms with Gasteiger partial charge >= 0.3 is 0 Å². The Kier molecular flexibility index (Phi) is 3.07. The van der Waals surface area contributed by atoms with E-state index >= 15 is 0 Å². The van der Waals surface area contributed by atoms with Crippen molar-refractivity contribution in [3.05, 3.63) is 53.9 Å². The molecule has 0 radical (unpaired) electrons. The topological polar surface area (TPSA) is 46.9 Å². The summed E-state index contributed by atoms with van der Waals surface area (Å²) in [7, 11) is 1.93. The lowest BCUT2D eigenvalue weighted by atomic mass is 9.92. The summed E-state index contributed by atoms with van der Waals surface area (Å²) in [6.45, 7) is 0. The second kappa shape index (κ2) is 4.88. The zero-order chi connectivity index (χ0) is 13.2. The van der Waals surface area contributed by atoms with Gasteiger partial charge in [0, 0.05) is 37.3 Å². The van der Waals surface area contributed by atoms with E-state index in [9.17, 15) is 4.79 Å². The van der Waals surface area contributed by atoms with Crippen LogP contribution >= 0.6 is 0 Å². The second-order valence-corrected chi connectivity index (χ2v) is 5.05. The van der Waals surface area contributed by atoms with Gasteiger partial charge < -0.3 is 5.32 Å². The molecule has 2 heterocycles. The molecule has 0 bridgehead atoms. The molecule has 0 aliphatic carbocycles. The van der Waals surface area contributed by atoms with E-state index in [1.807, 2.05) is 36.0 Å². The fourth-order valence-electron chi connectivity index (χ4n) is 2.83. The summed E-state index contributed by atoms with van der Waals surface area (Å²) in [5, 5.41) is 7.29.